The Balaban J connectivity index is 3.40. The Bertz CT molecular complexity index is 166. The van der Waals surface area contributed by atoms with E-state index in [9.17, 15) is 0 Å². The van der Waals surface area contributed by atoms with Crippen LogP contribution in [0.1, 0.15) is 60.3 Å². The average Bonchev–Trinajstić information content (AvgIpc) is 2.16. The number of rotatable bonds is 9. The van der Waals surface area contributed by atoms with Crippen molar-refractivity contribution in [1.29, 1.82) is 0 Å². The van der Waals surface area contributed by atoms with E-state index in [1.807, 2.05) is 0 Å². The molecule has 16 heavy (non-hydrogen) atoms. The zero-order valence-corrected chi connectivity index (χ0v) is 11.9. The molecule has 0 radical (unpaired) electrons. The predicted octanol–water partition coefficient (Wildman–Crippen LogP) is 3.59. The van der Waals surface area contributed by atoms with Gasteiger partial charge >= 0.3 is 0 Å². The van der Waals surface area contributed by atoms with E-state index in [0.29, 0.717) is 11.5 Å². The van der Waals surface area contributed by atoms with E-state index in [-0.39, 0.29) is 0 Å². The van der Waals surface area contributed by atoms with Gasteiger partial charge < -0.3 is 10.5 Å². The highest BCUT2D eigenvalue weighted by Gasteiger charge is 2.14. The van der Waals surface area contributed by atoms with E-state index >= 15 is 0 Å². The first-order chi connectivity index (χ1) is 7.37. The molecule has 0 rings (SSSR count). The highest BCUT2D eigenvalue weighted by molar-refractivity contribution is 4.68. The molecule has 0 aromatic carbocycles. The summed E-state index contributed by atoms with van der Waals surface area (Å²) in [5.41, 5.74) is 5.99. The van der Waals surface area contributed by atoms with Gasteiger partial charge in [-0.15, -0.1) is 0 Å². The third-order valence-corrected chi connectivity index (χ3v) is 3.01. The van der Waals surface area contributed by atoms with E-state index in [0.717, 1.165) is 31.9 Å². The van der Waals surface area contributed by atoms with E-state index in [4.69, 9.17) is 10.5 Å². The van der Waals surface area contributed by atoms with E-state index in [1.165, 1.54) is 12.8 Å². The van der Waals surface area contributed by atoms with Gasteiger partial charge in [0, 0.05) is 6.61 Å². The SMILES string of the molecule is CC(C)CC(C)OCCCCC(C)(C)CN. The van der Waals surface area contributed by atoms with Gasteiger partial charge in [0.15, 0.2) is 0 Å². The quantitative estimate of drug-likeness (QED) is 0.613. The molecule has 2 nitrogen and oxygen atoms in total. The average molecular weight is 229 g/mol. The van der Waals surface area contributed by atoms with Gasteiger partial charge in [0.1, 0.15) is 0 Å². The van der Waals surface area contributed by atoms with Crippen LogP contribution in [0.25, 0.3) is 0 Å². The van der Waals surface area contributed by atoms with Crippen molar-refractivity contribution in [3.63, 3.8) is 0 Å². The third kappa shape index (κ3) is 9.17. The summed E-state index contributed by atoms with van der Waals surface area (Å²) >= 11 is 0. The van der Waals surface area contributed by atoms with E-state index < -0.39 is 0 Å². The van der Waals surface area contributed by atoms with Crippen molar-refractivity contribution in [2.45, 2.75) is 66.4 Å². The van der Waals surface area contributed by atoms with E-state index in [1.54, 1.807) is 0 Å². The maximum Gasteiger partial charge on any atom is 0.0549 e. The summed E-state index contributed by atoms with van der Waals surface area (Å²) in [6.45, 7) is 12.8. The van der Waals surface area contributed by atoms with Gasteiger partial charge in [-0.05, 0) is 44.1 Å². The standard InChI is InChI=1S/C14H31NO/c1-12(2)10-13(3)16-9-7-6-8-14(4,5)11-15/h12-13H,6-11,15H2,1-5H3. The van der Waals surface area contributed by atoms with Crippen molar-refractivity contribution < 1.29 is 4.74 Å². The largest absolute Gasteiger partial charge is 0.379 e. The van der Waals surface area contributed by atoms with Crippen LogP contribution in [0.4, 0.5) is 0 Å². The summed E-state index contributed by atoms with van der Waals surface area (Å²) in [6, 6.07) is 0. The van der Waals surface area contributed by atoms with Crippen LogP contribution < -0.4 is 5.73 Å². The fourth-order valence-electron chi connectivity index (χ4n) is 1.82. The Kier molecular flexibility index (Phi) is 8.04. The molecule has 0 saturated carbocycles. The zero-order valence-electron chi connectivity index (χ0n) is 11.9. The summed E-state index contributed by atoms with van der Waals surface area (Å²) < 4.78 is 5.77. The van der Waals surface area contributed by atoms with Crippen LogP contribution in [-0.4, -0.2) is 19.3 Å². The number of hydrogen-bond donors (Lipinski definition) is 1. The van der Waals surface area contributed by atoms with Crippen LogP contribution in [0.5, 0.6) is 0 Å². The fourth-order valence-corrected chi connectivity index (χ4v) is 1.82. The molecular formula is C14H31NO. The van der Waals surface area contributed by atoms with Crippen LogP contribution in [0.3, 0.4) is 0 Å². The van der Waals surface area contributed by atoms with Crippen LogP contribution in [0, 0.1) is 11.3 Å². The minimum atomic E-state index is 0.295. The Morgan fingerprint density at radius 3 is 2.25 bits per heavy atom. The van der Waals surface area contributed by atoms with Crippen molar-refractivity contribution in [2.75, 3.05) is 13.2 Å². The summed E-state index contributed by atoms with van der Waals surface area (Å²) in [5, 5.41) is 0. The molecule has 0 aliphatic rings. The second-order valence-electron chi connectivity index (χ2n) is 6.14. The molecule has 0 saturated heterocycles. The molecule has 2 heteroatoms. The maximum atomic E-state index is 5.77. The molecule has 0 amide bonds. The molecule has 98 valence electrons. The smallest absolute Gasteiger partial charge is 0.0549 e. The summed E-state index contributed by atoms with van der Waals surface area (Å²) in [7, 11) is 0. The summed E-state index contributed by atoms with van der Waals surface area (Å²) in [6.07, 6.45) is 5.15. The molecule has 0 bridgehead atoms. The predicted molar refractivity (Wildman–Crippen MR) is 71.6 cm³/mol. The molecule has 1 atom stereocenters. The Morgan fingerprint density at radius 1 is 1.12 bits per heavy atom. The van der Waals surface area contributed by atoms with Crippen molar-refractivity contribution >= 4 is 0 Å². The van der Waals surface area contributed by atoms with Crippen LogP contribution in [-0.2, 0) is 4.74 Å². The molecule has 0 aromatic heterocycles. The minimum Gasteiger partial charge on any atom is -0.379 e. The molecule has 0 fully saturated rings. The lowest BCUT2D eigenvalue weighted by Gasteiger charge is -2.22. The van der Waals surface area contributed by atoms with Gasteiger partial charge in [-0.1, -0.05) is 34.1 Å². The molecular weight excluding hydrogens is 198 g/mol. The lowest BCUT2D eigenvalue weighted by Crippen LogP contribution is -2.23. The van der Waals surface area contributed by atoms with Crippen molar-refractivity contribution in [2.24, 2.45) is 17.1 Å². The maximum absolute atomic E-state index is 5.77. The summed E-state index contributed by atoms with van der Waals surface area (Å²) in [4.78, 5) is 0. The molecule has 0 spiro atoms. The van der Waals surface area contributed by atoms with Crippen LogP contribution in [0.15, 0.2) is 0 Å². The lowest BCUT2D eigenvalue weighted by molar-refractivity contribution is 0.0483. The first-order valence-corrected chi connectivity index (χ1v) is 6.69. The first kappa shape index (κ1) is 15.9. The van der Waals surface area contributed by atoms with Crippen LogP contribution in [0.2, 0.25) is 0 Å². The number of nitrogens with two attached hydrogens (primary N) is 1. The highest BCUT2D eigenvalue weighted by Crippen LogP contribution is 2.21. The van der Waals surface area contributed by atoms with Gasteiger partial charge in [-0.3, -0.25) is 0 Å². The second kappa shape index (κ2) is 8.08. The topological polar surface area (TPSA) is 35.2 Å². The van der Waals surface area contributed by atoms with Crippen LogP contribution >= 0.6 is 0 Å². The molecule has 0 heterocycles. The normalized spacial score (nSPS) is 14.4. The Hall–Kier alpha value is -0.0800. The number of unbranched alkanes of at least 4 members (excludes halogenated alkanes) is 1. The molecule has 0 aliphatic carbocycles. The monoisotopic (exact) mass is 229 g/mol. The van der Waals surface area contributed by atoms with Gasteiger partial charge in [-0.25, -0.2) is 0 Å². The van der Waals surface area contributed by atoms with Gasteiger partial charge in [0.2, 0.25) is 0 Å². The highest BCUT2D eigenvalue weighted by atomic mass is 16.5. The zero-order chi connectivity index (χ0) is 12.6. The molecule has 0 aromatic rings. The minimum absolute atomic E-state index is 0.295. The van der Waals surface area contributed by atoms with Crippen molar-refractivity contribution in [3.8, 4) is 0 Å². The van der Waals surface area contributed by atoms with E-state index in [2.05, 4.69) is 34.6 Å². The Morgan fingerprint density at radius 2 is 1.75 bits per heavy atom. The number of ether oxygens (including phenoxy) is 1. The second-order valence-corrected chi connectivity index (χ2v) is 6.14. The van der Waals surface area contributed by atoms with Gasteiger partial charge in [0.05, 0.1) is 6.10 Å². The molecule has 0 aliphatic heterocycles. The number of hydrogen-bond acceptors (Lipinski definition) is 2. The molecule has 1 unspecified atom stereocenters. The van der Waals surface area contributed by atoms with Gasteiger partial charge in [-0.2, -0.15) is 0 Å². The summed E-state index contributed by atoms with van der Waals surface area (Å²) in [5.74, 6) is 0.728. The lowest BCUT2D eigenvalue weighted by atomic mass is 9.87. The Labute approximate surface area is 102 Å². The fraction of sp³-hybridized carbons (Fsp3) is 1.00. The van der Waals surface area contributed by atoms with Crippen molar-refractivity contribution in [1.82, 2.24) is 0 Å². The molecule has 2 N–H and O–H groups in total. The van der Waals surface area contributed by atoms with Crippen molar-refractivity contribution in [3.05, 3.63) is 0 Å². The van der Waals surface area contributed by atoms with Gasteiger partial charge in [0.25, 0.3) is 0 Å². The first-order valence-electron chi connectivity index (χ1n) is 6.69. The third-order valence-electron chi connectivity index (χ3n) is 3.01.